The molecule has 1 aliphatic rings. The molecule has 0 radical (unpaired) electrons. The molecule has 0 aliphatic carbocycles. The second-order valence-electron chi connectivity index (χ2n) is 8.17. The van der Waals surface area contributed by atoms with Gasteiger partial charge in [-0.05, 0) is 70.6 Å². The van der Waals surface area contributed by atoms with E-state index in [2.05, 4.69) is 15.5 Å². The zero-order chi connectivity index (χ0) is 21.5. The number of carbonyl (C=O) groups is 1. The first-order valence-corrected chi connectivity index (χ1v) is 11.7. The summed E-state index contributed by atoms with van der Waals surface area (Å²) in [4.78, 5) is 13.2. The second kappa shape index (κ2) is 7.59. The quantitative estimate of drug-likeness (QED) is 0.557. The zero-order valence-corrected chi connectivity index (χ0v) is 18.2. The monoisotopic (exact) mass is 444 g/mol. The van der Waals surface area contributed by atoms with E-state index in [1.54, 1.807) is 29.8 Å². The molecule has 1 atom stereocenters. The Morgan fingerprint density at radius 3 is 2.50 bits per heavy atom. The van der Waals surface area contributed by atoms with Gasteiger partial charge in [-0.15, -0.1) is 5.10 Å². The van der Waals surface area contributed by atoms with Crippen LogP contribution < -0.4 is 0 Å². The number of tetrazole rings is 1. The van der Waals surface area contributed by atoms with Crippen LogP contribution in [0.4, 0.5) is 0 Å². The lowest BCUT2D eigenvalue weighted by atomic mass is 9.83. The molecule has 0 saturated carbocycles. The summed E-state index contributed by atoms with van der Waals surface area (Å²) < 4.78 is 25.4. The van der Waals surface area contributed by atoms with Crippen LogP contribution in [0.2, 0.25) is 5.02 Å². The summed E-state index contributed by atoms with van der Waals surface area (Å²) in [6.45, 7) is 3.64. The van der Waals surface area contributed by atoms with Crippen LogP contribution >= 0.6 is 11.6 Å². The first-order valence-electron chi connectivity index (χ1n) is 9.54. The van der Waals surface area contributed by atoms with Crippen LogP contribution in [-0.2, 0) is 9.84 Å². The SMILES string of the molecule is Cc1nnnn1-c1cc(C(=O)CC2(C)CCS(=O)(=O)C2)cc(-c2ccc(Cl)cc2)c1. The van der Waals surface area contributed by atoms with Crippen LogP contribution in [0.25, 0.3) is 16.8 Å². The Balaban J connectivity index is 1.75. The van der Waals surface area contributed by atoms with Crippen LogP contribution in [0.3, 0.4) is 0 Å². The lowest BCUT2D eigenvalue weighted by molar-refractivity contribution is 0.0934. The van der Waals surface area contributed by atoms with Gasteiger partial charge in [0.15, 0.2) is 21.4 Å². The number of Topliss-reactive ketones (excluding diaryl/α,β-unsaturated/α-hetero) is 1. The van der Waals surface area contributed by atoms with Crippen molar-refractivity contribution in [3.63, 3.8) is 0 Å². The fourth-order valence-electron chi connectivity index (χ4n) is 3.88. The van der Waals surface area contributed by atoms with E-state index < -0.39 is 15.3 Å². The van der Waals surface area contributed by atoms with Crippen molar-refractivity contribution in [3.8, 4) is 16.8 Å². The number of nitrogens with zero attached hydrogens (tertiary/aromatic N) is 4. The maximum Gasteiger partial charge on any atom is 0.163 e. The summed E-state index contributed by atoms with van der Waals surface area (Å²) in [6.07, 6.45) is 0.668. The Labute approximate surface area is 180 Å². The number of hydrogen-bond donors (Lipinski definition) is 0. The topological polar surface area (TPSA) is 94.8 Å². The predicted octanol–water partition coefficient (Wildman–Crippen LogP) is 3.69. The highest BCUT2D eigenvalue weighted by atomic mass is 35.5. The molecule has 30 heavy (non-hydrogen) atoms. The number of ketones is 1. The number of rotatable bonds is 5. The summed E-state index contributed by atoms with van der Waals surface area (Å²) in [6, 6.07) is 12.8. The van der Waals surface area contributed by atoms with Crippen molar-refractivity contribution in [2.45, 2.75) is 26.7 Å². The van der Waals surface area contributed by atoms with Crippen LogP contribution in [0.5, 0.6) is 0 Å². The van der Waals surface area contributed by atoms with E-state index in [0.717, 1.165) is 11.1 Å². The molecule has 9 heteroatoms. The molecule has 2 heterocycles. The van der Waals surface area contributed by atoms with Crippen LogP contribution in [0.15, 0.2) is 42.5 Å². The first-order chi connectivity index (χ1) is 14.1. The average Bonchev–Trinajstić information content (AvgIpc) is 3.24. The summed E-state index contributed by atoms with van der Waals surface area (Å²) in [5.74, 6) is 0.672. The van der Waals surface area contributed by atoms with Crippen molar-refractivity contribution in [1.82, 2.24) is 20.2 Å². The summed E-state index contributed by atoms with van der Waals surface area (Å²) >= 11 is 6.01. The number of carbonyl (C=O) groups excluding carboxylic acids is 1. The Morgan fingerprint density at radius 2 is 1.90 bits per heavy atom. The molecule has 1 fully saturated rings. The van der Waals surface area contributed by atoms with Gasteiger partial charge in [0.25, 0.3) is 0 Å². The van der Waals surface area contributed by atoms with E-state index in [9.17, 15) is 13.2 Å². The highest BCUT2D eigenvalue weighted by Crippen LogP contribution is 2.37. The summed E-state index contributed by atoms with van der Waals surface area (Å²) in [7, 11) is -3.08. The summed E-state index contributed by atoms with van der Waals surface area (Å²) in [5, 5.41) is 12.3. The molecular weight excluding hydrogens is 424 g/mol. The van der Waals surface area contributed by atoms with Gasteiger partial charge in [-0.1, -0.05) is 30.7 Å². The Bertz CT molecular complexity index is 1220. The Hall–Kier alpha value is -2.58. The molecule has 0 amide bonds. The Morgan fingerprint density at radius 1 is 1.17 bits per heavy atom. The third-order valence-corrected chi connectivity index (χ3v) is 7.67. The second-order valence-corrected chi connectivity index (χ2v) is 10.8. The van der Waals surface area contributed by atoms with Crippen molar-refractivity contribution >= 4 is 27.2 Å². The molecule has 3 aromatic rings. The molecule has 0 N–H and O–H groups in total. The molecule has 0 spiro atoms. The first kappa shape index (κ1) is 20.7. The van der Waals surface area contributed by atoms with E-state index in [-0.39, 0.29) is 23.7 Å². The van der Waals surface area contributed by atoms with Gasteiger partial charge in [-0.2, -0.15) is 4.68 Å². The number of sulfone groups is 1. The number of hydrogen-bond acceptors (Lipinski definition) is 6. The lowest BCUT2D eigenvalue weighted by Crippen LogP contribution is -2.22. The minimum absolute atomic E-state index is 0.0432. The van der Waals surface area contributed by atoms with E-state index in [4.69, 9.17) is 11.6 Å². The minimum Gasteiger partial charge on any atom is -0.294 e. The van der Waals surface area contributed by atoms with Crippen molar-refractivity contribution in [3.05, 3.63) is 58.9 Å². The number of benzene rings is 2. The summed E-state index contributed by atoms with van der Waals surface area (Å²) in [5.41, 5.74) is 2.34. The molecule has 1 unspecified atom stereocenters. The van der Waals surface area contributed by atoms with Crippen molar-refractivity contribution in [2.75, 3.05) is 11.5 Å². The van der Waals surface area contributed by atoms with Gasteiger partial charge in [0, 0.05) is 17.0 Å². The van der Waals surface area contributed by atoms with E-state index in [1.165, 1.54) is 0 Å². The van der Waals surface area contributed by atoms with Gasteiger partial charge in [0.1, 0.15) is 0 Å². The van der Waals surface area contributed by atoms with Crippen molar-refractivity contribution < 1.29 is 13.2 Å². The average molecular weight is 445 g/mol. The molecule has 156 valence electrons. The van der Waals surface area contributed by atoms with E-state index in [0.29, 0.717) is 28.5 Å². The van der Waals surface area contributed by atoms with Gasteiger partial charge in [-0.3, -0.25) is 4.79 Å². The van der Waals surface area contributed by atoms with Gasteiger partial charge < -0.3 is 0 Å². The maximum atomic E-state index is 13.2. The third-order valence-electron chi connectivity index (χ3n) is 5.46. The maximum absolute atomic E-state index is 13.2. The smallest absolute Gasteiger partial charge is 0.163 e. The fraction of sp³-hybridized carbons (Fsp3) is 0.333. The number of aromatic nitrogens is 4. The van der Waals surface area contributed by atoms with E-state index in [1.807, 2.05) is 31.2 Å². The highest BCUT2D eigenvalue weighted by molar-refractivity contribution is 7.91. The normalized spacial score (nSPS) is 20.4. The molecule has 1 saturated heterocycles. The van der Waals surface area contributed by atoms with Gasteiger partial charge in [0.2, 0.25) is 0 Å². The largest absolute Gasteiger partial charge is 0.294 e. The van der Waals surface area contributed by atoms with Crippen LogP contribution in [0, 0.1) is 12.3 Å². The van der Waals surface area contributed by atoms with Crippen LogP contribution in [0.1, 0.15) is 35.9 Å². The standard InChI is InChI=1S/C21H21ClN4O3S/c1-14-23-24-25-26(14)19-10-16(15-3-5-18(22)6-4-15)9-17(11-19)20(27)12-21(2)7-8-30(28,29)13-21/h3-6,9-11H,7-8,12-13H2,1-2H3. The number of aryl methyl sites for hydroxylation is 1. The predicted molar refractivity (Wildman–Crippen MR) is 115 cm³/mol. The highest BCUT2D eigenvalue weighted by Gasteiger charge is 2.40. The van der Waals surface area contributed by atoms with Gasteiger partial charge in [-0.25, -0.2) is 8.42 Å². The molecular formula is C21H21ClN4O3S. The van der Waals surface area contributed by atoms with Crippen LogP contribution in [-0.4, -0.2) is 45.9 Å². The van der Waals surface area contributed by atoms with Gasteiger partial charge >= 0.3 is 0 Å². The van der Waals surface area contributed by atoms with Crippen molar-refractivity contribution in [1.29, 1.82) is 0 Å². The number of halogens is 1. The molecule has 1 aliphatic heterocycles. The molecule has 0 bridgehead atoms. The molecule has 1 aromatic heterocycles. The van der Waals surface area contributed by atoms with Gasteiger partial charge in [0.05, 0.1) is 17.2 Å². The zero-order valence-electron chi connectivity index (χ0n) is 16.7. The lowest BCUT2D eigenvalue weighted by Gasteiger charge is -2.21. The van der Waals surface area contributed by atoms with Crippen molar-refractivity contribution in [2.24, 2.45) is 5.41 Å². The Kier molecular flexibility index (Phi) is 5.23. The van der Waals surface area contributed by atoms with E-state index >= 15 is 0 Å². The molecule has 2 aromatic carbocycles. The molecule has 7 nitrogen and oxygen atoms in total. The third kappa shape index (κ3) is 4.29. The molecule has 4 rings (SSSR count). The minimum atomic E-state index is -3.08. The fourth-order valence-corrected chi connectivity index (χ4v) is 6.26.